The number of rotatable bonds is 7. The van der Waals surface area contributed by atoms with E-state index >= 15 is 0 Å². The molecule has 2 heterocycles. The molecule has 1 atom stereocenters. The molecule has 7 nitrogen and oxygen atoms in total. The van der Waals surface area contributed by atoms with Gasteiger partial charge in [-0.05, 0) is 45.6 Å². The van der Waals surface area contributed by atoms with Gasteiger partial charge in [-0.2, -0.15) is 0 Å². The number of benzene rings is 1. The monoisotopic (exact) mass is 431 g/mol. The first-order chi connectivity index (χ1) is 14.3. The highest BCUT2D eigenvalue weighted by Crippen LogP contribution is 2.25. The molecule has 0 bridgehead atoms. The Bertz CT molecular complexity index is 891. The van der Waals surface area contributed by atoms with Gasteiger partial charge in [-0.1, -0.05) is 42.5 Å². The lowest BCUT2D eigenvalue weighted by Gasteiger charge is -2.25. The fourth-order valence-corrected chi connectivity index (χ4v) is 4.12. The Labute approximate surface area is 181 Å². The molecule has 1 aliphatic rings. The van der Waals surface area contributed by atoms with Gasteiger partial charge in [0.15, 0.2) is 5.13 Å². The lowest BCUT2D eigenvalue weighted by atomic mass is 10.0. The van der Waals surface area contributed by atoms with Crippen molar-refractivity contribution in [3.63, 3.8) is 0 Å². The first-order valence-corrected chi connectivity index (χ1v) is 11.1. The van der Waals surface area contributed by atoms with E-state index in [9.17, 15) is 9.59 Å². The van der Waals surface area contributed by atoms with Crippen molar-refractivity contribution < 1.29 is 19.2 Å². The summed E-state index contributed by atoms with van der Waals surface area (Å²) < 4.78 is 5.23. The van der Waals surface area contributed by atoms with Gasteiger partial charge in [0.05, 0.1) is 17.1 Å². The van der Waals surface area contributed by atoms with Crippen molar-refractivity contribution in [2.45, 2.75) is 58.6 Å². The number of hydroxylamine groups is 2. The van der Waals surface area contributed by atoms with Crippen LogP contribution in [0.1, 0.15) is 61.3 Å². The summed E-state index contributed by atoms with van der Waals surface area (Å²) in [7, 11) is 0. The number of nitrogens with zero attached hydrogens (tertiary/aromatic N) is 2. The Morgan fingerprint density at radius 3 is 2.80 bits per heavy atom. The standard InChI is InChI=1S/C22H29N3O4S/c1-5-15-9-6-7-11-17(15)19(26)18-14-24-20(30-18)23-13-16-10-8-12-25(16)29-21(27)28-22(2,3)4/h6-7,9,11,14,16H,5,8,10,12-13H2,1-4H3,(H,23,24)/t16-/m0/s1. The lowest BCUT2D eigenvalue weighted by molar-refractivity contribution is -0.148. The maximum absolute atomic E-state index is 12.9. The maximum Gasteiger partial charge on any atom is 0.528 e. The molecule has 2 aromatic rings. The highest BCUT2D eigenvalue weighted by molar-refractivity contribution is 7.17. The van der Waals surface area contributed by atoms with Gasteiger partial charge in [0, 0.05) is 18.7 Å². The van der Waals surface area contributed by atoms with Gasteiger partial charge >= 0.3 is 6.16 Å². The van der Waals surface area contributed by atoms with E-state index in [-0.39, 0.29) is 11.8 Å². The predicted molar refractivity (Wildman–Crippen MR) is 117 cm³/mol. The molecule has 1 fully saturated rings. The summed E-state index contributed by atoms with van der Waals surface area (Å²) in [5.41, 5.74) is 1.17. The number of carbonyl (C=O) groups excluding carboxylic acids is 2. The van der Waals surface area contributed by atoms with Gasteiger partial charge in [0.2, 0.25) is 5.78 Å². The van der Waals surface area contributed by atoms with Crippen LogP contribution in [0.3, 0.4) is 0 Å². The first kappa shape index (κ1) is 22.2. The Morgan fingerprint density at radius 1 is 1.30 bits per heavy atom. The number of aromatic nitrogens is 1. The molecule has 1 saturated heterocycles. The van der Waals surface area contributed by atoms with Crippen molar-refractivity contribution >= 4 is 28.4 Å². The molecule has 0 spiro atoms. The molecular weight excluding hydrogens is 402 g/mol. The van der Waals surface area contributed by atoms with Crippen molar-refractivity contribution in [1.82, 2.24) is 10.0 Å². The Morgan fingerprint density at radius 2 is 2.07 bits per heavy atom. The average molecular weight is 432 g/mol. The van der Waals surface area contributed by atoms with Gasteiger partial charge in [-0.25, -0.2) is 9.78 Å². The van der Waals surface area contributed by atoms with Gasteiger partial charge in [-0.3, -0.25) is 4.79 Å². The van der Waals surface area contributed by atoms with E-state index in [0.717, 1.165) is 30.4 Å². The summed E-state index contributed by atoms with van der Waals surface area (Å²) in [5.74, 6) is -0.00579. The molecule has 1 N–H and O–H groups in total. The van der Waals surface area contributed by atoms with Crippen molar-refractivity contribution in [2.24, 2.45) is 0 Å². The molecule has 1 aromatic heterocycles. The van der Waals surface area contributed by atoms with Crippen molar-refractivity contribution in [1.29, 1.82) is 0 Å². The lowest BCUT2D eigenvalue weighted by Crippen LogP contribution is -2.38. The zero-order valence-electron chi connectivity index (χ0n) is 17.9. The van der Waals surface area contributed by atoms with E-state index in [1.54, 1.807) is 32.0 Å². The third kappa shape index (κ3) is 5.79. The molecule has 0 unspecified atom stereocenters. The fraction of sp³-hybridized carbons (Fsp3) is 0.500. The highest BCUT2D eigenvalue weighted by atomic mass is 32.1. The predicted octanol–water partition coefficient (Wildman–Crippen LogP) is 4.68. The minimum Gasteiger partial charge on any atom is -0.427 e. The van der Waals surface area contributed by atoms with Crippen molar-refractivity contribution in [3.05, 3.63) is 46.5 Å². The van der Waals surface area contributed by atoms with Crippen LogP contribution >= 0.6 is 11.3 Å². The number of thiazole rings is 1. The zero-order valence-corrected chi connectivity index (χ0v) is 18.8. The van der Waals surface area contributed by atoms with E-state index < -0.39 is 11.8 Å². The van der Waals surface area contributed by atoms with E-state index in [0.29, 0.717) is 23.1 Å². The molecule has 3 rings (SSSR count). The van der Waals surface area contributed by atoms with Crippen LogP contribution < -0.4 is 5.32 Å². The van der Waals surface area contributed by atoms with Crippen LogP contribution in [0.5, 0.6) is 0 Å². The summed E-state index contributed by atoms with van der Waals surface area (Å²) in [6, 6.07) is 7.69. The zero-order chi connectivity index (χ0) is 21.7. The van der Waals surface area contributed by atoms with Gasteiger partial charge in [0.1, 0.15) is 5.60 Å². The van der Waals surface area contributed by atoms with E-state index in [1.807, 2.05) is 31.2 Å². The summed E-state index contributed by atoms with van der Waals surface area (Å²) in [6.45, 7) is 8.68. The Balaban J connectivity index is 1.57. The van der Waals surface area contributed by atoms with Gasteiger partial charge in [-0.15, -0.1) is 5.06 Å². The molecule has 0 saturated carbocycles. The SMILES string of the molecule is CCc1ccccc1C(=O)c1cnc(NC[C@@H]2CCCN2OC(=O)OC(C)(C)C)s1. The molecule has 0 aliphatic carbocycles. The molecular formula is C22H29N3O4S. The molecule has 1 aromatic carbocycles. The average Bonchev–Trinajstić information content (AvgIpc) is 3.33. The van der Waals surface area contributed by atoms with E-state index in [4.69, 9.17) is 9.57 Å². The van der Waals surface area contributed by atoms with Crippen molar-refractivity contribution in [3.8, 4) is 0 Å². The quantitative estimate of drug-likeness (QED) is 0.503. The summed E-state index contributed by atoms with van der Waals surface area (Å²) in [5, 5.41) is 5.62. The largest absolute Gasteiger partial charge is 0.528 e. The number of aryl methyl sites for hydroxylation is 1. The fourth-order valence-electron chi connectivity index (χ4n) is 3.35. The number of ether oxygens (including phenoxy) is 1. The Kier molecular flexibility index (Phi) is 7.10. The number of anilines is 1. The normalized spacial score (nSPS) is 17.0. The van der Waals surface area contributed by atoms with Crippen LogP contribution in [0.25, 0.3) is 0 Å². The van der Waals surface area contributed by atoms with Gasteiger partial charge < -0.3 is 14.9 Å². The molecule has 8 heteroatoms. The second-order valence-electron chi connectivity index (χ2n) is 8.24. The third-order valence-electron chi connectivity index (χ3n) is 4.77. The number of ketones is 1. The topological polar surface area (TPSA) is 80.8 Å². The molecule has 162 valence electrons. The van der Waals surface area contributed by atoms with Crippen molar-refractivity contribution in [2.75, 3.05) is 18.4 Å². The number of nitrogens with one attached hydrogen (secondary N) is 1. The molecule has 0 amide bonds. The second kappa shape index (κ2) is 9.57. The summed E-state index contributed by atoms with van der Waals surface area (Å²) in [4.78, 5) is 35.1. The maximum atomic E-state index is 12.9. The van der Waals surface area contributed by atoms with Crippen LogP contribution in [0.2, 0.25) is 0 Å². The van der Waals surface area contributed by atoms with Gasteiger partial charge in [0.25, 0.3) is 0 Å². The number of hydrogen-bond acceptors (Lipinski definition) is 8. The van der Waals surface area contributed by atoms with Crippen LogP contribution in [0.15, 0.2) is 30.5 Å². The molecule has 30 heavy (non-hydrogen) atoms. The molecule has 1 aliphatic heterocycles. The Hall–Kier alpha value is -2.45. The summed E-state index contributed by atoms with van der Waals surface area (Å²) in [6.07, 6.45) is 3.57. The second-order valence-corrected chi connectivity index (χ2v) is 9.27. The number of carbonyl (C=O) groups is 2. The highest BCUT2D eigenvalue weighted by Gasteiger charge is 2.30. The van der Waals surface area contributed by atoms with Crippen LogP contribution in [0.4, 0.5) is 9.93 Å². The van der Waals surface area contributed by atoms with Crippen LogP contribution in [-0.4, -0.2) is 46.7 Å². The van der Waals surface area contributed by atoms with Crippen LogP contribution in [0, 0.1) is 0 Å². The molecule has 0 radical (unpaired) electrons. The van der Waals surface area contributed by atoms with E-state index in [2.05, 4.69) is 10.3 Å². The smallest absolute Gasteiger partial charge is 0.427 e. The minimum atomic E-state index is -0.689. The third-order valence-corrected chi connectivity index (χ3v) is 5.72. The van der Waals surface area contributed by atoms with Crippen LogP contribution in [-0.2, 0) is 16.0 Å². The van der Waals surface area contributed by atoms with E-state index in [1.165, 1.54) is 11.3 Å². The summed E-state index contributed by atoms with van der Waals surface area (Å²) >= 11 is 1.34. The number of hydrogen-bond donors (Lipinski definition) is 1. The minimum absolute atomic E-state index is 0.00579. The first-order valence-electron chi connectivity index (χ1n) is 10.3.